The Hall–Kier alpha value is -2.54. The van der Waals surface area contributed by atoms with E-state index in [0.29, 0.717) is 5.69 Å². The number of nitrogens with zero attached hydrogens (tertiary/aromatic N) is 1. The maximum Gasteiger partial charge on any atom is 0.337 e. The first-order valence-electron chi connectivity index (χ1n) is 6.01. The Kier molecular flexibility index (Phi) is 3.86. The van der Waals surface area contributed by atoms with Crippen LogP contribution in [0.25, 0.3) is 0 Å². The van der Waals surface area contributed by atoms with Crippen LogP contribution in [-0.2, 0) is 10.0 Å². The number of benzene rings is 2. The van der Waals surface area contributed by atoms with Gasteiger partial charge in [-0.25, -0.2) is 13.2 Å². The summed E-state index contributed by atoms with van der Waals surface area (Å²) in [6.45, 7) is 0. The molecule has 0 spiro atoms. The summed E-state index contributed by atoms with van der Waals surface area (Å²) in [7, 11) is -2.66. The van der Waals surface area contributed by atoms with Gasteiger partial charge in [-0.3, -0.25) is 4.31 Å². The zero-order valence-corrected chi connectivity index (χ0v) is 12.0. The molecule has 21 heavy (non-hydrogen) atoms. The van der Waals surface area contributed by atoms with Crippen LogP contribution >= 0.6 is 0 Å². The summed E-state index contributed by atoms with van der Waals surface area (Å²) in [5.74, 6) is -1.32. The predicted molar refractivity (Wildman–Crippen MR) is 79.8 cm³/mol. The largest absolute Gasteiger partial charge is 0.478 e. The van der Waals surface area contributed by atoms with Gasteiger partial charge in [0.25, 0.3) is 10.0 Å². The van der Waals surface area contributed by atoms with E-state index in [1.165, 1.54) is 19.2 Å². The number of carboxylic acid groups (broad SMARTS) is 1. The molecule has 110 valence electrons. The first-order valence-corrected chi connectivity index (χ1v) is 7.45. The molecular formula is C14H14N2O4S. The van der Waals surface area contributed by atoms with E-state index in [2.05, 4.69) is 0 Å². The summed E-state index contributed by atoms with van der Waals surface area (Å²) in [6.07, 6.45) is 0. The third kappa shape index (κ3) is 2.82. The molecule has 0 amide bonds. The van der Waals surface area contributed by atoms with Crippen molar-refractivity contribution in [2.75, 3.05) is 17.1 Å². The number of carbonyl (C=O) groups is 1. The molecule has 0 aliphatic carbocycles. The second-order valence-electron chi connectivity index (χ2n) is 4.37. The number of nitrogen functional groups attached to an aromatic ring is 1. The van der Waals surface area contributed by atoms with Gasteiger partial charge in [-0.15, -0.1) is 0 Å². The molecule has 0 atom stereocenters. The summed E-state index contributed by atoms with van der Waals surface area (Å²) >= 11 is 0. The molecule has 0 radical (unpaired) electrons. The van der Waals surface area contributed by atoms with Gasteiger partial charge in [0.15, 0.2) is 0 Å². The van der Waals surface area contributed by atoms with Crippen molar-refractivity contribution in [3.63, 3.8) is 0 Å². The monoisotopic (exact) mass is 306 g/mol. The Bertz CT molecular complexity index is 773. The van der Waals surface area contributed by atoms with Crippen molar-refractivity contribution in [1.82, 2.24) is 0 Å². The van der Waals surface area contributed by atoms with Gasteiger partial charge in [0.1, 0.15) is 4.90 Å². The molecule has 3 N–H and O–H groups in total. The lowest BCUT2D eigenvalue weighted by Crippen LogP contribution is -2.28. The lowest BCUT2D eigenvalue weighted by atomic mass is 10.2. The van der Waals surface area contributed by atoms with Crippen LogP contribution in [0.2, 0.25) is 0 Å². The summed E-state index contributed by atoms with van der Waals surface area (Å²) in [5.41, 5.74) is 5.88. The zero-order valence-electron chi connectivity index (χ0n) is 11.2. The Balaban J connectivity index is 2.59. The van der Waals surface area contributed by atoms with Crippen LogP contribution in [-0.4, -0.2) is 26.5 Å². The highest BCUT2D eigenvalue weighted by Gasteiger charge is 2.27. The molecule has 6 nitrogen and oxygen atoms in total. The van der Waals surface area contributed by atoms with Gasteiger partial charge in [0.2, 0.25) is 0 Å². The van der Waals surface area contributed by atoms with E-state index in [4.69, 9.17) is 10.8 Å². The van der Waals surface area contributed by atoms with E-state index < -0.39 is 16.0 Å². The Morgan fingerprint density at radius 3 is 2.33 bits per heavy atom. The van der Waals surface area contributed by atoms with Crippen molar-refractivity contribution in [1.29, 1.82) is 0 Å². The fraction of sp³-hybridized carbons (Fsp3) is 0.0714. The molecular weight excluding hydrogens is 292 g/mol. The highest BCUT2D eigenvalue weighted by atomic mass is 32.2. The second-order valence-corrected chi connectivity index (χ2v) is 6.31. The highest BCUT2D eigenvalue weighted by Crippen LogP contribution is 2.26. The fourth-order valence-corrected chi connectivity index (χ4v) is 3.27. The molecule has 0 saturated carbocycles. The molecule has 0 aliphatic heterocycles. The van der Waals surface area contributed by atoms with Crippen molar-refractivity contribution in [3.8, 4) is 0 Å². The van der Waals surface area contributed by atoms with Gasteiger partial charge in [0, 0.05) is 12.7 Å². The summed E-state index contributed by atoms with van der Waals surface area (Å²) in [6, 6.07) is 12.1. The standard InChI is InChI=1S/C14H14N2O4S/c1-16(11-5-3-2-4-6-11)21(19,20)13-9-10(15)7-8-12(13)14(17)18/h2-9H,15H2,1H3,(H,17,18). The Morgan fingerprint density at radius 1 is 1.14 bits per heavy atom. The number of hydrogen-bond donors (Lipinski definition) is 2. The van der Waals surface area contributed by atoms with Crippen molar-refractivity contribution < 1.29 is 18.3 Å². The van der Waals surface area contributed by atoms with Gasteiger partial charge >= 0.3 is 5.97 Å². The summed E-state index contributed by atoms with van der Waals surface area (Å²) < 4.78 is 26.3. The number of nitrogens with two attached hydrogens (primary N) is 1. The van der Waals surface area contributed by atoms with Gasteiger partial charge in [-0.1, -0.05) is 18.2 Å². The zero-order chi connectivity index (χ0) is 15.6. The molecule has 7 heteroatoms. The van der Waals surface area contributed by atoms with Crippen molar-refractivity contribution >= 4 is 27.4 Å². The van der Waals surface area contributed by atoms with Crippen molar-refractivity contribution in [3.05, 3.63) is 54.1 Å². The number of anilines is 2. The van der Waals surface area contributed by atoms with Crippen LogP contribution in [0.4, 0.5) is 11.4 Å². The molecule has 0 fully saturated rings. The molecule has 0 aliphatic rings. The van der Waals surface area contributed by atoms with E-state index in [1.54, 1.807) is 30.3 Å². The SMILES string of the molecule is CN(c1ccccc1)S(=O)(=O)c1cc(N)ccc1C(=O)O. The third-order valence-corrected chi connectivity index (χ3v) is 4.82. The molecule has 2 aromatic rings. The number of sulfonamides is 1. The first kappa shape index (κ1) is 14.9. The van der Waals surface area contributed by atoms with E-state index in [-0.39, 0.29) is 16.1 Å². The molecule has 0 heterocycles. The minimum absolute atomic E-state index is 0.181. The minimum Gasteiger partial charge on any atom is -0.478 e. The average Bonchev–Trinajstić information content (AvgIpc) is 2.47. The minimum atomic E-state index is -4.02. The second kappa shape index (κ2) is 5.45. The van der Waals surface area contributed by atoms with Crippen LogP contribution < -0.4 is 10.0 Å². The van der Waals surface area contributed by atoms with Crippen LogP contribution in [0.3, 0.4) is 0 Å². The van der Waals surface area contributed by atoms with Gasteiger partial charge in [-0.2, -0.15) is 0 Å². The van der Waals surface area contributed by atoms with E-state index in [0.717, 1.165) is 10.4 Å². The lowest BCUT2D eigenvalue weighted by molar-refractivity contribution is 0.0692. The number of aromatic carboxylic acids is 1. The third-order valence-electron chi connectivity index (χ3n) is 2.99. The quantitative estimate of drug-likeness (QED) is 0.839. The molecule has 2 aromatic carbocycles. The topological polar surface area (TPSA) is 101 Å². The Morgan fingerprint density at radius 2 is 1.76 bits per heavy atom. The Labute approximate surface area is 122 Å². The van der Waals surface area contributed by atoms with Gasteiger partial charge in [0.05, 0.1) is 11.3 Å². The van der Waals surface area contributed by atoms with Crippen LogP contribution in [0.15, 0.2) is 53.4 Å². The highest BCUT2D eigenvalue weighted by molar-refractivity contribution is 7.92. The average molecular weight is 306 g/mol. The molecule has 0 aromatic heterocycles. The predicted octanol–water partition coefficient (Wildman–Crippen LogP) is 1.79. The summed E-state index contributed by atoms with van der Waals surface area (Å²) in [4.78, 5) is 10.9. The van der Waals surface area contributed by atoms with Crippen LogP contribution in [0.1, 0.15) is 10.4 Å². The molecule has 2 rings (SSSR count). The fourth-order valence-electron chi connectivity index (χ4n) is 1.85. The van der Waals surface area contributed by atoms with Gasteiger partial charge < -0.3 is 10.8 Å². The molecule has 0 bridgehead atoms. The number of para-hydroxylation sites is 1. The maximum atomic E-state index is 12.6. The van der Waals surface area contributed by atoms with Gasteiger partial charge in [-0.05, 0) is 30.3 Å². The maximum absolute atomic E-state index is 12.6. The van der Waals surface area contributed by atoms with Crippen LogP contribution in [0, 0.1) is 0 Å². The van der Waals surface area contributed by atoms with E-state index in [9.17, 15) is 13.2 Å². The normalized spacial score (nSPS) is 11.1. The molecule has 0 saturated heterocycles. The van der Waals surface area contributed by atoms with Crippen LogP contribution in [0.5, 0.6) is 0 Å². The smallest absolute Gasteiger partial charge is 0.337 e. The first-order chi connectivity index (χ1) is 9.84. The number of hydrogen-bond acceptors (Lipinski definition) is 4. The number of carboxylic acids is 1. The van der Waals surface area contributed by atoms with E-state index in [1.807, 2.05) is 0 Å². The molecule has 0 unspecified atom stereocenters. The lowest BCUT2D eigenvalue weighted by Gasteiger charge is -2.20. The van der Waals surface area contributed by atoms with E-state index >= 15 is 0 Å². The number of rotatable bonds is 4. The van der Waals surface area contributed by atoms with Crippen molar-refractivity contribution in [2.45, 2.75) is 4.90 Å². The van der Waals surface area contributed by atoms with Crippen molar-refractivity contribution in [2.24, 2.45) is 0 Å². The summed E-state index contributed by atoms with van der Waals surface area (Å²) in [5, 5.41) is 9.15.